The van der Waals surface area contributed by atoms with Crippen molar-refractivity contribution >= 4 is 18.4 Å². The SMILES string of the molecule is CCN(CC)C/C=C/c1nc(C(=O)NC(C)C(C)(C)C)c2n1CCCN(C)C2.NC=O. The maximum atomic E-state index is 13.0. The van der Waals surface area contributed by atoms with Crippen LogP contribution in [0.5, 0.6) is 0 Å². The fourth-order valence-electron chi connectivity index (χ4n) is 3.33. The number of rotatable bonds is 7. The molecule has 0 bridgehead atoms. The Kier molecular flexibility index (Phi) is 10.9. The number of nitrogens with one attached hydrogen (secondary N) is 1. The second kappa shape index (κ2) is 12.6. The summed E-state index contributed by atoms with van der Waals surface area (Å²) in [5.74, 6) is 0.830. The van der Waals surface area contributed by atoms with Crippen LogP contribution in [0.2, 0.25) is 0 Å². The molecule has 0 fully saturated rings. The first-order valence-electron chi connectivity index (χ1n) is 11.2. The Bertz CT molecular complexity index is 731. The zero-order chi connectivity index (χ0) is 23.6. The van der Waals surface area contributed by atoms with Gasteiger partial charge in [-0.1, -0.05) is 40.7 Å². The van der Waals surface area contributed by atoms with Gasteiger partial charge in [-0.3, -0.25) is 9.59 Å². The minimum absolute atomic E-state index is 0.00956. The van der Waals surface area contributed by atoms with E-state index in [-0.39, 0.29) is 23.8 Å². The first-order chi connectivity index (χ1) is 14.6. The van der Waals surface area contributed by atoms with E-state index in [9.17, 15) is 4.79 Å². The molecule has 3 N–H and O–H groups in total. The number of amides is 2. The minimum Gasteiger partial charge on any atom is -0.372 e. The fraction of sp³-hybridized carbons (Fsp3) is 0.696. The molecule has 176 valence electrons. The maximum absolute atomic E-state index is 13.0. The Hall–Kier alpha value is -2.19. The zero-order valence-electron chi connectivity index (χ0n) is 20.4. The number of carbonyl (C=O) groups is 2. The normalized spacial score (nSPS) is 15.7. The van der Waals surface area contributed by atoms with Gasteiger partial charge in [0.05, 0.1) is 5.69 Å². The molecule has 2 heterocycles. The number of likely N-dealkylation sites (N-methyl/N-ethyl adjacent to an activating group) is 1. The Labute approximate surface area is 187 Å². The molecule has 2 rings (SSSR count). The lowest BCUT2D eigenvalue weighted by Gasteiger charge is -2.28. The van der Waals surface area contributed by atoms with Gasteiger partial charge in [0, 0.05) is 25.7 Å². The molecule has 0 aromatic carbocycles. The van der Waals surface area contributed by atoms with E-state index >= 15 is 0 Å². The van der Waals surface area contributed by atoms with E-state index in [1.807, 2.05) is 0 Å². The van der Waals surface area contributed by atoms with Crippen LogP contribution in [0.4, 0.5) is 0 Å². The molecule has 1 atom stereocenters. The van der Waals surface area contributed by atoms with E-state index in [1.165, 1.54) is 0 Å². The van der Waals surface area contributed by atoms with Gasteiger partial charge in [-0.25, -0.2) is 4.98 Å². The van der Waals surface area contributed by atoms with Gasteiger partial charge >= 0.3 is 0 Å². The lowest BCUT2D eigenvalue weighted by Crippen LogP contribution is -2.42. The number of nitrogens with two attached hydrogens (primary N) is 1. The van der Waals surface area contributed by atoms with Crippen molar-refractivity contribution in [2.45, 2.75) is 67.1 Å². The van der Waals surface area contributed by atoms with Gasteiger partial charge in [0.25, 0.3) is 5.91 Å². The molecule has 2 amide bonds. The van der Waals surface area contributed by atoms with Gasteiger partial charge in [0.1, 0.15) is 5.82 Å². The number of fused-ring (bicyclic) bond motifs is 1. The number of carbonyl (C=O) groups excluding carboxylic acids is 2. The molecule has 8 nitrogen and oxygen atoms in total. The largest absolute Gasteiger partial charge is 0.372 e. The van der Waals surface area contributed by atoms with Crippen molar-refractivity contribution in [3.05, 3.63) is 23.3 Å². The predicted octanol–water partition coefficient (Wildman–Crippen LogP) is 2.34. The lowest BCUT2D eigenvalue weighted by atomic mass is 9.88. The van der Waals surface area contributed by atoms with Gasteiger partial charge in [-0.05, 0) is 51.5 Å². The monoisotopic (exact) mass is 434 g/mol. The van der Waals surface area contributed by atoms with E-state index in [2.05, 4.69) is 86.2 Å². The van der Waals surface area contributed by atoms with Crippen LogP contribution in [0.25, 0.3) is 6.08 Å². The third-order valence-electron chi connectivity index (χ3n) is 5.83. The van der Waals surface area contributed by atoms with E-state index in [4.69, 9.17) is 9.78 Å². The van der Waals surface area contributed by atoms with Gasteiger partial charge in [-0.2, -0.15) is 0 Å². The van der Waals surface area contributed by atoms with Crippen molar-refractivity contribution in [2.75, 3.05) is 33.2 Å². The van der Waals surface area contributed by atoms with Gasteiger partial charge in [0.2, 0.25) is 6.41 Å². The molecule has 1 aliphatic rings. The van der Waals surface area contributed by atoms with Crippen molar-refractivity contribution in [3.8, 4) is 0 Å². The summed E-state index contributed by atoms with van der Waals surface area (Å²) in [6.07, 6.45) is 5.56. The van der Waals surface area contributed by atoms with Gasteiger partial charge < -0.3 is 25.4 Å². The van der Waals surface area contributed by atoms with Crippen LogP contribution >= 0.6 is 0 Å². The molecule has 0 aliphatic carbocycles. The highest BCUT2D eigenvalue weighted by atomic mass is 16.2. The summed E-state index contributed by atoms with van der Waals surface area (Å²) in [6.45, 7) is 18.5. The van der Waals surface area contributed by atoms with Crippen LogP contribution in [0.3, 0.4) is 0 Å². The third-order valence-corrected chi connectivity index (χ3v) is 5.83. The molecule has 1 aromatic heterocycles. The highest BCUT2D eigenvalue weighted by Gasteiger charge is 2.27. The zero-order valence-corrected chi connectivity index (χ0v) is 20.4. The number of hydrogen-bond acceptors (Lipinski definition) is 5. The number of aromatic nitrogens is 2. The summed E-state index contributed by atoms with van der Waals surface area (Å²) < 4.78 is 2.24. The lowest BCUT2D eigenvalue weighted by molar-refractivity contribution is -0.106. The number of primary amides is 1. The average molecular weight is 435 g/mol. The third kappa shape index (κ3) is 8.10. The molecule has 1 aliphatic heterocycles. The standard InChI is InChI=1S/C22H39N5O.CH3NO/c1-8-26(9-2)14-10-12-19-24-20(21(28)23-17(3)22(4,5)6)18-16-25(7)13-11-15-27(18)19;2-1-3/h10,12,17H,8-9,11,13-16H2,1-7H3,(H,23,28);1H,(H2,2,3)/b12-10+;. The van der Waals surface area contributed by atoms with Crippen LogP contribution in [0.1, 0.15) is 70.0 Å². The second-order valence-corrected chi connectivity index (χ2v) is 9.09. The summed E-state index contributed by atoms with van der Waals surface area (Å²) in [7, 11) is 2.11. The van der Waals surface area contributed by atoms with E-state index < -0.39 is 0 Å². The molecule has 0 saturated carbocycles. The first kappa shape index (κ1) is 26.8. The van der Waals surface area contributed by atoms with Crippen LogP contribution in [0.15, 0.2) is 6.08 Å². The highest BCUT2D eigenvalue weighted by Crippen LogP contribution is 2.22. The van der Waals surface area contributed by atoms with E-state index in [1.54, 1.807) is 0 Å². The van der Waals surface area contributed by atoms with Gasteiger partial charge in [-0.15, -0.1) is 0 Å². The number of nitrogens with zero attached hydrogens (tertiary/aromatic N) is 4. The summed E-state index contributed by atoms with van der Waals surface area (Å²) in [4.78, 5) is 31.0. The quantitative estimate of drug-likeness (QED) is 0.642. The van der Waals surface area contributed by atoms with Crippen LogP contribution in [-0.4, -0.2) is 70.9 Å². The Morgan fingerprint density at radius 2 is 1.90 bits per heavy atom. The maximum Gasteiger partial charge on any atom is 0.272 e. The molecular formula is C23H42N6O2. The van der Waals surface area contributed by atoms with Crippen molar-refractivity contribution in [2.24, 2.45) is 11.1 Å². The minimum atomic E-state index is -0.0649. The summed E-state index contributed by atoms with van der Waals surface area (Å²) in [6, 6.07) is 0.0718. The molecular weight excluding hydrogens is 392 g/mol. The molecule has 0 saturated heterocycles. The summed E-state index contributed by atoms with van der Waals surface area (Å²) in [5.41, 5.74) is 5.78. The molecule has 1 unspecified atom stereocenters. The van der Waals surface area contributed by atoms with Crippen molar-refractivity contribution in [3.63, 3.8) is 0 Å². The van der Waals surface area contributed by atoms with E-state index in [0.717, 1.165) is 57.2 Å². The van der Waals surface area contributed by atoms with Crippen LogP contribution in [-0.2, 0) is 17.9 Å². The Morgan fingerprint density at radius 1 is 1.29 bits per heavy atom. The Morgan fingerprint density at radius 3 is 2.45 bits per heavy atom. The fourth-order valence-corrected chi connectivity index (χ4v) is 3.33. The average Bonchev–Trinajstić information content (AvgIpc) is 2.90. The van der Waals surface area contributed by atoms with Crippen LogP contribution in [0, 0.1) is 5.41 Å². The number of imidazole rings is 1. The summed E-state index contributed by atoms with van der Waals surface area (Å²) in [5, 5.41) is 3.16. The van der Waals surface area contributed by atoms with Crippen molar-refractivity contribution in [1.29, 1.82) is 0 Å². The smallest absolute Gasteiger partial charge is 0.272 e. The van der Waals surface area contributed by atoms with Crippen molar-refractivity contribution in [1.82, 2.24) is 24.7 Å². The molecule has 1 aromatic rings. The summed E-state index contributed by atoms with van der Waals surface area (Å²) >= 11 is 0. The van der Waals surface area contributed by atoms with Gasteiger partial charge in [0.15, 0.2) is 5.69 Å². The highest BCUT2D eigenvalue weighted by molar-refractivity contribution is 5.94. The molecule has 31 heavy (non-hydrogen) atoms. The molecule has 8 heteroatoms. The van der Waals surface area contributed by atoms with E-state index in [0.29, 0.717) is 5.69 Å². The number of hydrogen-bond donors (Lipinski definition) is 2. The second-order valence-electron chi connectivity index (χ2n) is 9.09. The topological polar surface area (TPSA) is 96.5 Å². The predicted molar refractivity (Wildman–Crippen MR) is 127 cm³/mol. The first-order valence-corrected chi connectivity index (χ1v) is 11.2. The molecule has 0 spiro atoms. The van der Waals surface area contributed by atoms with Crippen molar-refractivity contribution < 1.29 is 9.59 Å². The Balaban J connectivity index is 0.00000151. The van der Waals surface area contributed by atoms with Crippen LogP contribution < -0.4 is 11.1 Å². The molecule has 0 radical (unpaired) electrons.